The Hall–Kier alpha value is -14.7. The second-order valence-electron chi connectivity index (χ2n) is 35.5. The van der Waals surface area contributed by atoms with E-state index in [9.17, 15) is 0 Å². The maximum atomic E-state index is 15.8. The van der Waals surface area contributed by atoms with Crippen LogP contribution in [0, 0.1) is 5.82 Å². The Balaban J connectivity index is 0.000000127. The zero-order chi connectivity index (χ0) is 96.7. The van der Waals surface area contributed by atoms with Crippen molar-refractivity contribution < 1.29 is 42.3 Å². The molecule has 0 radical (unpaired) electrons. The van der Waals surface area contributed by atoms with E-state index in [0.29, 0.717) is 42.7 Å². The van der Waals surface area contributed by atoms with Crippen LogP contribution in [0.2, 0.25) is 0 Å². The zero-order valence-corrected chi connectivity index (χ0v) is 82.1. The van der Waals surface area contributed by atoms with Gasteiger partial charge in [0, 0.05) is 245 Å². The van der Waals surface area contributed by atoms with Crippen LogP contribution in [0.25, 0.3) is 89.2 Å². The minimum Gasteiger partial charge on any atom is -0.497 e. The summed E-state index contributed by atoms with van der Waals surface area (Å²) in [6, 6.07) is 39.7. The normalized spacial score (nSPS) is 14.8. The van der Waals surface area contributed by atoms with E-state index in [1.54, 1.807) is 77.6 Å². The Kier molecular flexibility index (Phi) is 28.9. The number of hydrogen-bond acceptors (Lipinski definition) is 28. The standard InChI is InChI=1S/2C27H32N6O2.C26H29FN6O2.C25H28N6O2/c1-31(2)19-7-6-10-33(26-13-21(34-4)14-27(35-5)22(26)11-19)20-8-9-23-24(12-20)30-25(16-28-23)18-15-29-32(3)17-18;1-6-32-16-19(14-29-32)25-15-28-23-8-7-20(11-24(23)30-25)33-10-9-31(18(2)3)17-22-26(33)12-21(34-4)13-27(22)35-5;1-16(2)32-8-9-33(26-19(15-32)23(34-4)11-24(35-5)25(26)27)18-6-7-20-21(10-18)30-22(13-28-20)17-12-29-31(3)14-17;1-5-30-15-17(13-27-30)23-14-26-21-7-6-18(10-22(21)28-23)31-9-8-29(2)16-20-24(31)11-19(32-3)12-25(20)33-4/h8-9,12-17,19H,6-7,10-11H2,1-5H3;7-8,11-16,18H,6,9-10,17H2,1-5H3;6-7,10-14,16H,8-9,15H2,1-5H3;6-7,10-15H,5,8-9,16H2,1-4H3. The maximum Gasteiger partial charge on any atom is 0.189 e. The third kappa shape index (κ3) is 20.3. The van der Waals surface area contributed by atoms with Crippen LogP contribution in [0.5, 0.6) is 46.0 Å². The maximum absolute atomic E-state index is 15.8. The minimum atomic E-state index is -0.399. The Bertz CT molecular complexity index is 7040. The van der Waals surface area contributed by atoms with E-state index in [2.05, 4.69) is 192 Å². The molecular weight excluding hydrogens is 1740 g/mol. The number of anilines is 8. The van der Waals surface area contributed by atoms with Crippen LogP contribution in [0.1, 0.15) is 76.6 Å². The summed E-state index contributed by atoms with van der Waals surface area (Å²) >= 11 is 0. The first-order valence-corrected chi connectivity index (χ1v) is 46.7. The molecule has 20 rings (SSSR count). The summed E-state index contributed by atoms with van der Waals surface area (Å²) in [5, 5.41) is 17.3. The molecule has 0 N–H and O–H groups in total. The quantitative estimate of drug-likeness (QED) is 0.0646. The van der Waals surface area contributed by atoms with Crippen LogP contribution < -0.4 is 57.5 Å². The van der Waals surface area contributed by atoms with Crippen molar-refractivity contribution in [3.8, 4) is 91.0 Å². The molecule has 8 aromatic carbocycles. The van der Waals surface area contributed by atoms with Crippen LogP contribution >= 0.6 is 0 Å². The number of halogens is 1. The second-order valence-corrected chi connectivity index (χ2v) is 35.5. The van der Waals surface area contributed by atoms with Gasteiger partial charge in [-0.15, -0.1) is 0 Å². The third-order valence-corrected chi connectivity index (χ3v) is 26.2. The van der Waals surface area contributed by atoms with Gasteiger partial charge in [0.15, 0.2) is 11.6 Å². The predicted octanol–water partition coefficient (Wildman–Crippen LogP) is 18.0. The molecule has 716 valence electrons. The lowest BCUT2D eigenvalue weighted by molar-refractivity contribution is 0.221. The Labute approximate surface area is 804 Å². The molecule has 0 fully saturated rings. The molecule has 16 aromatic rings. The van der Waals surface area contributed by atoms with Crippen molar-refractivity contribution in [2.75, 3.05) is 143 Å². The molecule has 0 saturated heterocycles. The molecule has 4 aliphatic rings. The van der Waals surface area contributed by atoms with Crippen molar-refractivity contribution in [1.29, 1.82) is 0 Å². The molecular formula is C105H121FN24O8. The van der Waals surface area contributed by atoms with Gasteiger partial charge >= 0.3 is 0 Å². The lowest BCUT2D eigenvalue weighted by atomic mass is 9.95. The smallest absolute Gasteiger partial charge is 0.189 e. The molecule has 1 atom stereocenters. The molecule has 0 spiro atoms. The first-order valence-electron chi connectivity index (χ1n) is 46.7. The molecule has 4 aliphatic heterocycles. The van der Waals surface area contributed by atoms with Crippen LogP contribution in [-0.4, -0.2) is 241 Å². The molecule has 0 saturated carbocycles. The van der Waals surface area contributed by atoms with Crippen molar-refractivity contribution in [1.82, 2.24) is 98.6 Å². The minimum absolute atomic E-state index is 0.156. The summed E-state index contributed by atoms with van der Waals surface area (Å²) in [7, 11) is 23.5. The number of benzene rings is 8. The zero-order valence-electron chi connectivity index (χ0n) is 82.1. The van der Waals surface area contributed by atoms with Crippen LogP contribution in [0.4, 0.5) is 49.9 Å². The Morgan fingerprint density at radius 1 is 0.362 bits per heavy atom. The fraction of sp³-hybridized carbons (Fsp3) is 0.352. The summed E-state index contributed by atoms with van der Waals surface area (Å²) in [5.41, 5.74) is 25.7. The number of aryl methyl sites for hydroxylation is 4. The number of ether oxygens (including phenoxy) is 8. The van der Waals surface area contributed by atoms with Crippen molar-refractivity contribution in [3.05, 3.63) is 218 Å². The summed E-state index contributed by atoms with van der Waals surface area (Å²) in [4.78, 5) is 56.5. The summed E-state index contributed by atoms with van der Waals surface area (Å²) in [5.74, 6) is 5.23. The molecule has 32 nitrogen and oxygen atoms in total. The largest absolute Gasteiger partial charge is 0.497 e. The molecule has 12 heterocycles. The van der Waals surface area contributed by atoms with Gasteiger partial charge in [-0.1, -0.05) is 0 Å². The average molecular weight is 1870 g/mol. The van der Waals surface area contributed by atoms with E-state index in [4.69, 9.17) is 57.8 Å². The van der Waals surface area contributed by atoms with Crippen molar-refractivity contribution >= 4 is 89.6 Å². The fourth-order valence-corrected chi connectivity index (χ4v) is 18.4. The van der Waals surface area contributed by atoms with E-state index in [1.807, 2.05) is 145 Å². The molecule has 1 unspecified atom stereocenters. The van der Waals surface area contributed by atoms with Crippen LogP contribution in [0.3, 0.4) is 0 Å². The van der Waals surface area contributed by atoms with Gasteiger partial charge in [-0.2, -0.15) is 20.4 Å². The van der Waals surface area contributed by atoms with Crippen LogP contribution in [-0.2, 0) is 53.2 Å². The molecule has 0 aliphatic carbocycles. The number of methoxy groups -OCH3 is 8. The third-order valence-electron chi connectivity index (χ3n) is 26.2. The van der Waals surface area contributed by atoms with E-state index in [-0.39, 0.29) is 5.75 Å². The van der Waals surface area contributed by atoms with Gasteiger partial charge in [-0.3, -0.25) is 48.5 Å². The monoisotopic (exact) mass is 1860 g/mol. The van der Waals surface area contributed by atoms with E-state index >= 15 is 4.39 Å². The lowest BCUT2D eigenvalue weighted by Gasteiger charge is -2.35. The van der Waals surface area contributed by atoms with Gasteiger partial charge in [0.1, 0.15) is 40.2 Å². The number of fused-ring (bicyclic) bond motifs is 8. The Morgan fingerprint density at radius 3 is 1.09 bits per heavy atom. The second kappa shape index (κ2) is 41.9. The predicted molar refractivity (Wildman–Crippen MR) is 540 cm³/mol. The molecule has 0 bridgehead atoms. The summed E-state index contributed by atoms with van der Waals surface area (Å²) in [6.07, 6.45) is 25.4. The first kappa shape index (κ1) is 95.1. The highest BCUT2D eigenvalue weighted by atomic mass is 19.1. The highest BCUT2D eigenvalue weighted by molar-refractivity contribution is 5.89. The highest BCUT2D eigenvalue weighted by Gasteiger charge is 2.34. The summed E-state index contributed by atoms with van der Waals surface area (Å²) in [6.45, 7) is 22.5. The van der Waals surface area contributed by atoms with Gasteiger partial charge in [0.25, 0.3) is 0 Å². The van der Waals surface area contributed by atoms with Crippen molar-refractivity contribution in [2.45, 2.75) is 112 Å². The van der Waals surface area contributed by atoms with Gasteiger partial charge in [-0.25, -0.2) is 24.3 Å². The van der Waals surface area contributed by atoms with Crippen LogP contribution in [0.15, 0.2) is 190 Å². The molecule has 0 amide bonds. The van der Waals surface area contributed by atoms with E-state index < -0.39 is 5.82 Å². The number of likely N-dealkylation sites (N-methyl/N-ethyl adjacent to an activating group) is 2. The number of rotatable bonds is 21. The SMILES string of the molecule is CCn1cc(-c2cnc3ccc(N4CCN(C(C)C)Cc5c(OC)cc(OC)cc54)cc3n2)cn1.CCn1cc(-c2cnc3ccc(N4CCN(C)Cc5c(OC)cc(OC)cc54)cc3n2)cn1.COc1cc(OC)c2c(c1)N(c1ccc3ncc(-c4cnn(C)c4)nc3c1)CCCC(N(C)C)C2.COc1cc(OC)c2c(c1F)N(c1ccc3ncc(-c4cnn(C)c4)nc3c1)CCN(C(C)C)C2. The van der Waals surface area contributed by atoms with Gasteiger partial charge in [0.2, 0.25) is 0 Å². The Morgan fingerprint density at radius 2 is 0.717 bits per heavy atom. The van der Waals surface area contributed by atoms with Crippen molar-refractivity contribution in [2.24, 2.45) is 14.1 Å². The van der Waals surface area contributed by atoms with E-state index in [1.165, 1.54) is 12.7 Å². The average Bonchev–Trinajstić information content (AvgIpc) is 1.40. The molecule has 138 heavy (non-hydrogen) atoms. The molecule has 33 heteroatoms. The topological polar surface area (TPSA) is 274 Å². The van der Waals surface area contributed by atoms with Crippen molar-refractivity contribution in [3.63, 3.8) is 0 Å². The van der Waals surface area contributed by atoms with Gasteiger partial charge in [0.05, 0.1) is 196 Å². The fourth-order valence-electron chi connectivity index (χ4n) is 18.4. The first-order chi connectivity index (χ1) is 66.9. The number of hydrogen-bond donors (Lipinski definition) is 0. The van der Waals surface area contributed by atoms with E-state index in [0.717, 1.165) is 265 Å². The highest BCUT2D eigenvalue weighted by Crippen LogP contribution is 2.48. The number of aromatic nitrogens is 16. The van der Waals surface area contributed by atoms with Gasteiger partial charge < -0.3 is 67.3 Å². The number of nitrogens with zero attached hydrogens (tertiary/aromatic N) is 24. The lowest BCUT2D eigenvalue weighted by Crippen LogP contribution is -2.34. The molecule has 8 aromatic heterocycles. The summed E-state index contributed by atoms with van der Waals surface area (Å²) < 4.78 is 68.4. The van der Waals surface area contributed by atoms with Gasteiger partial charge in [-0.05, 0) is 155 Å².